The Balaban J connectivity index is 1.25. The van der Waals surface area contributed by atoms with Gasteiger partial charge in [-0.1, -0.05) is 78.9 Å². The molecule has 12 rings (SSSR count). The SMILES string of the molecule is c1ccc(-n2c3ccccc3c3cc4c5cccc6c5n(c4cc32)-c2cccc3c2B6c2oc4ccccc4c2N3c2ccccn2)cc1. The molecule has 2 aliphatic heterocycles. The second kappa shape index (κ2) is 9.09. The fourth-order valence-electron chi connectivity index (χ4n) is 8.87. The number of hydrogen-bond donors (Lipinski definition) is 0. The van der Waals surface area contributed by atoms with Gasteiger partial charge in [0.25, 0.3) is 6.71 Å². The Morgan fingerprint density at radius 3 is 2.16 bits per heavy atom. The summed E-state index contributed by atoms with van der Waals surface area (Å²) in [6.45, 7) is -0.0672. The Morgan fingerprint density at radius 2 is 1.27 bits per heavy atom. The third-order valence-electron chi connectivity index (χ3n) is 10.7. The number of nitrogens with zero attached hydrogens (tertiary/aromatic N) is 4. The van der Waals surface area contributed by atoms with Gasteiger partial charge in [-0.2, -0.15) is 0 Å². The van der Waals surface area contributed by atoms with Crippen molar-refractivity contribution in [1.29, 1.82) is 0 Å². The first-order valence-electron chi connectivity index (χ1n) is 16.8. The number of anilines is 3. The standard InChI is InChI=1S/C43H25BN4O/c1-2-12-26(13-3-1)46-33-18-6-4-14-27(33)30-24-31-28-16-10-17-32-41(28)47(37(31)25-36(30)46)34-19-11-20-35-40(34)44(32)43-42(29-15-5-7-21-38(29)49-43)48(35)39-22-8-9-23-45-39/h1-25H. The molecule has 6 heteroatoms. The number of aromatic nitrogens is 3. The topological polar surface area (TPSA) is 39.1 Å². The predicted molar refractivity (Wildman–Crippen MR) is 202 cm³/mol. The third kappa shape index (κ3) is 3.14. The quantitative estimate of drug-likeness (QED) is 0.181. The Morgan fingerprint density at radius 1 is 0.531 bits per heavy atom. The molecule has 5 nitrogen and oxygen atoms in total. The highest BCUT2D eigenvalue weighted by Crippen LogP contribution is 2.45. The second-order valence-electron chi connectivity index (χ2n) is 13.1. The van der Waals surface area contributed by atoms with E-state index >= 15 is 0 Å². The molecule has 6 heterocycles. The van der Waals surface area contributed by atoms with Crippen LogP contribution in [0.5, 0.6) is 0 Å². The lowest BCUT2D eigenvalue weighted by Crippen LogP contribution is -2.60. The maximum atomic E-state index is 6.89. The molecule has 0 unspecified atom stereocenters. The van der Waals surface area contributed by atoms with Crippen LogP contribution >= 0.6 is 0 Å². The molecule has 0 fully saturated rings. The average molecular weight is 625 g/mol. The molecule has 0 N–H and O–H groups in total. The summed E-state index contributed by atoms with van der Waals surface area (Å²) in [5.41, 5.74) is 13.7. The van der Waals surface area contributed by atoms with E-state index in [1.54, 1.807) is 0 Å². The maximum absolute atomic E-state index is 6.89. The van der Waals surface area contributed by atoms with Gasteiger partial charge in [-0.05, 0) is 77.7 Å². The van der Waals surface area contributed by atoms with E-state index in [0.29, 0.717) is 0 Å². The van der Waals surface area contributed by atoms with E-state index in [1.165, 1.54) is 60.2 Å². The van der Waals surface area contributed by atoms with Gasteiger partial charge in [0, 0.05) is 55.7 Å². The van der Waals surface area contributed by atoms with Crippen molar-refractivity contribution in [1.82, 2.24) is 14.1 Å². The molecule has 49 heavy (non-hydrogen) atoms. The van der Waals surface area contributed by atoms with Gasteiger partial charge in [-0.25, -0.2) is 4.98 Å². The third-order valence-corrected chi connectivity index (χ3v) is 10.7. The summed E-state index contributed by atoms with van der Waals surface area (Å²) in [6, 6.07) is 52.3. The van der Waals surface area contributed by atoms with E-state index in [1.807, 2.05) is 12.3 Å². The van der Waals surface area contributed by atoms with Crippen LogP contribution < -0.4 is 21.5 Å². The van der Waals surface area contributed by atoms with Crippen LogP contribution in [0.25, 0.3) is 66.0 Å². The van der Waals surface area contributed by atoms with E-state index in [0.717, 1.165) is 39.5 Å². The van der Waals surface area contributed by atoms with Crippen molar-refractivity contribution >= 4 is 95.1 Å². The van der Waals surface area contributed by atoms with E-state index in [-0.39, 0.29) is 6.71 Å². The monoisotopic (exact) mass is 624 g/mol. The predicted octanol–water partition coefficient (Wildman–Crippen LogP) is 8.63. The molecule has 2 aliphatic rings. The maximum Gasteiger partial charge on any atom is 0.297 e. The zero-order valence-corrected chi connectivity index (χ0v) is 26.2. The largest absolute Gasteiger partial charge is 0.468 e. The van der Waals surface area contributed by atoms with Gasteiger partial charge in [0.05, 0.1) is 27.9 Å². The van der Waals surface area contributed by atoms with Crippen LogP contribution in [-0.4, -0.2) is 20.8 Å². The minimum absolute atomic E-state index is 0.0672. The van der Waals surface area contributed by atoms with Crippen LogP contribution in [0.2, 0.25) is 0 Å². The Bertz CT molecular complexity index is 3010. The lowest BCUT2D eigenvalue weighted by Gasteiger charge is -2.37. The Hall–Kier alpha value is -6.53. The second-order valence-corrected chi connectivity index (χ2v) is 13.1. The molecule has 0 saturated carbocycles. The van der Waals surface area contributed by atoms with Gasteiger partial charge in [0.1, 0.15) is 11.4 Å². The number of benzene rings is 6. The highest BCUT2D eigenvalue weighted by Gasteiger charge is 2.45. The molecule has 0 atom stereocenters. The summed E-state index contributed by atoms with van der Waals surface area (Å²) in [5.74, 6) is 0.873. The van der Waals surface area contributed by atoms with Crippen molar-refractivity contribution in [3.8, 4) is 11.4 Å². The molecule has 226 valence electrons. The van der Waals surface area contributed by atoms with Crippen molar-refractivity contribution in [2.45, 2.75) is 0 Å². The van der Waals surface area contributed by atoms with Crippen molar-refractivity contribution in [3.05, 3.63) is 152 Å². The number of pyridine rings is 1. The summed E-state index contributed by atoms with van der Waals surface area (Å²) in [4.78, 5) is 7.18. The van der Waals surface area contributed by atoms with Crippen molar-refractivity contribution in [2.24, 2.45) is 0 Å². The smallest absolute Gasteiger partial charge is 0.297 e. The Kier molecular flexibility index (Phi) is 4.74. The van der Waals surface area contributed by atoms with Gasteiger partial charge < -0.3 is 13.6 Å². The van der Waals surface area contributed by atoms with Gasteiger partial charge in [0.15, 0.2) is 0 Å². The summed E-state index contributed by atoms with van der Waals surface area (Å²) in [6.07, 6.45) is 1.87. The van der Waals surface area contributed by atoms with Crippen LogP contribution in [-0.2, 0) is 0 Å². The summed E-state index contributed by atoms with van der Waals surface area (Å²) in [5, 5.41) is 6.11. The summed E-state index contributed by atoms with van der Waals surface area (Å²) in [7, 11) is 0. The zero-order valence-electron chi connectivity index (χ0n) is 26.2. The normalized spacial score (nSPS) is 13.2. The molecule has 6 aromatic carbocycles. The summed E-state index contributed by atoms with van der Waals surface area (Å²) >= 11 is 0. The average Bonchev–Trinajstić information content (AvgIpc) is 3.81. The number of fused-ring (bicyclic) bond motifs is 12. The fourth-order valence-corrected chi connectivity index (χ4v) is 8.87. The molecule has 0 radical (unpaired) electrons. The first-order chi connectivity index (χ1) is 24.3. The molecule has 0 spiro atoms. The number of hydrogen-bond acceptors (Lipinski definition) is 3. The molecule has 0 amide bonds. The van der Waals surface area contributed by atoms with Gasteiger partial charge >= 0.3 is 0 Å². The minimum atomic E-state index is -0.0672. The van der Waals surface area contributed by atoms with Gasteiger partial charge in [-0.3, -0.25) is 4.90 Å². The number of rotatable bonds is 2. The first-order valence-corrected chi connectivity index (χ1v) is 16.8. The lowest BCUT2D eigenvalue weighted by molar-refractivity contribution is 0.651. The number of para-hydroxylation sites is 4. The molecule has 0 bridgehead atoms. The van der Waals surface area contributed by atoms with Crippen LogP contribution in [0.15, 0.2) is 156 Å². The molecular formula is C43H25BN4O. The van der Waals surface area contributed by atoms with E-state index in [9.17, 15) is 0 Å². The lowest BCUT2D eigenvalue weighted by atomic mass is 9.36. The van der Waals surface area contributed by atoms with E-state index in [4.69, 9.17) is 9.40 Å². The molecular weight excluding hydrogens is 599 g/mol. The van der Waals surface area contributed by atoms with Crippen LogP contribution in [0.1, 0.15) is 0 Å². The zero-order chi connectivity index (χ0) is 31.8. The Labute approximate surface area is 280 Å². The highest BCUT2D eigenvalue weighted by atomic mass is 16.3. The van der Waals surface area contributed by atoms with Gasteiger partial charge in [-0.15, -0.1) is 0 Å². The van der Waals surface area contributed by atoms with Crippen molar-refractivity contribution < 1.29 is 4.42 Å². The number of furan rings is 1. The van der Waals surface area contributed by atoms with Crippen molar-refractivity contribution in [3.63, 3.8) is 0 Å². The molecule has 4 aromatic heterocycles. The van der Waals surface area contributed by atoms with Crippen LogP contribution in [0.4, 0.5) is 17.2 Å². The van der Waals surface area contributed by atoms with E-state index < -0.39 is 0 Å². The van der Waals surface area contributed by atoms with Gasteiger partial charge in [0.2, 0.25) is 0 Å². The summed E-state index contributed by atoms with van der Waals surface area (Å²) < 4.78 is 11.8. The van der Waals surface area contributed by atoms with Crippen LogP contribution in [0, 0.1) is 0 Å². The fraction of sp³-hybridized carbons (Fsp3) is 0. The molecule has 10 aromatic rings. The highest BCUT2D eigenvalue weighted by molar-refractivity contribution is 6.99. The van der Waals surface area contributed by atoms with Crippen LogP contribution in [0.3, 0.4) is 0 Å². The van der Waals surface area contributed by atoms with Crippen molar-refractivity contribution in [2.75, 3.05) is 4.90 Å². The molecule has 0 saturated heterocycles. The molecule has 0 aliphatic carbocycles. The van der Waals surface area contributed by atoms with E-state index in [2.05, 4.69) is 154 Å². The first kappa shape index (κ1) is 25.6. The minimum Gasteiger partial charge on any atom is -0.468 e.